The van der Waals surface area contributed by atoms with Crippen LogP contribution < -0.4 is 16.6 Å². The fourth-order valence-corrected chi connectivity index (χ4v) is 4.54. The van der Waals surface area contributed by atoms with Crippen molar-refractivity contribution >= 4 is 33.6 Å². The maximum Gasteiger partial charge on any atom is 0.263 e. The van der Waals surface area contributed by atoms with Crippen molar-refractivity contribution in [2.75, 3.05) is 11.1 Å². The van der Waals surface area contributed by atoms with Crippen molar-refractivity contribution in [3.05, 3.63) is 108 Å². The van der Waals surface area contributed by atoms with Crippen molar-refractivity contribution < 1.29 is 0 Å². The van der Waals surface area contributed by atoms with Gasteiger partial charge >= 0.3 is 0 Å². The van der Waals surface area contributed by atoms with Crippen LogP contribution in [0.2, 0.25) is 0 Å². The SMILES string of the molecule is CC(Nc1ncnc2cccnc12)c1cc2cccc(-c3cnc(N)nc3)c2c(=O)n1-c1ccccc1. The molecule has 0 saturated heterocycles. The second kappa shape index (κ2) is 9.12. The van der Waals surface area contributed by atoms with Gasteiger partial charge in [0.2, 0.25) is 5.95 Å². The molecule has 0 radical (unpaired) electrons. The van der Waals surface area contributed by atoms with E-state index in [4.69, 9.17) is 5.73 Å². The number of nitrogens with two attached hydrogens (primary N) is 1. The summed E-state index contributed by atoms with van der Waals surface area (Å²) in [4.78, 5) is 35.6. The number of pyridine rings is 2. The highest BCUT2D eigenvalue weighted by Gasteiger charge is 2.20. The molecule has 0 saturated carbocycles. The molecular formula is C28H22N8O. The van der Waals surface area contributed by atoms with Crippen LogP contribution in [0, 0.1) is 0 Å². The average Bonchev–Trinajstić information content (AvgIpc) is 2.94. The van der Waals surface area contributed by atoms with Gasteiger partial charge in [0.15, 0.2) is 5.82 Å². The minimum Gasteiger partial charge on any atom is -0.368 e. The predicted molar refractivity (Wildman–Crippen MR) is 144 cm³/mol. The lowest BCUT2D eigenvalue weighted by Crippen LogP contribution is -2.26. The van der Waals surface area contributed by atoms with Crippen molar-refractivity contribution in [3.8, 4) is 16.8 Å². The number of anilines is 2. The highest BCUT2D eigenvalue weighted by Crippen LogP contribution is 2.30. The average molecular weight is 487 g/mol. The molecule has 9 heteroatoms. The van der Waals surface area contributed by atoms with E-state index in [0.717, 1.165) is 27.8 Å². The summed E-state index contributed by atoms with van der Waals surface area (Å²) in [5.41, 5.74) is 9.93. The van der Waals surface area contributed by atoms with Crippen molar-refractivity contribution in [3.63, 3.8) is 0 Å². The van der Waals surface area contributed by atoms with E-state index in [0.29, 0.717) is 22.3 Å². The van der Waals surface area contributed by atoms with E-state index in [9.17, 15) is 4.79 Å². The molecule has 2 aromatic carbocycles. The third-order valence-corrected chi connectivity index (χ3v) is 6.26. The maximum atomic E-state index is 14.2. The first-order valence-electron chi connectivity index (χ1n) is 11.7. The van der Waals surface area contributed by atoms with Crippen molar-refractivity contribution in [2.24, 2.45) is 0 Å². The molecule has 9 nitrogen and oxygen atoms in total. The molecule has 6 rings (SSSR count). The van der Waals surface area contributed by atoms with Crippen molar-refractivity contribution in [2.45, 2.75) is 13.0 Å². The van der Waals surface area contributed by atoms with Crippen molar-refractivity contribution in [1.82, 2.24) is 29.5 Å². The number of hydrogen-bond donors (Lipinski definition) is 2. The van der Waals surface area contributed by atoms with E-state index in [2.05, 4.69) is 30.2 Å². The number of fused-ring (bicyclic) bond motifs is 2. The Morgan fingerprint density at radius 2 is 1.70 bits per heavy atom. The first kappa shape index (κ1) is 22.3. The first-order valence-corrected chi connectivity index (χ1v) is 11.7. The standard InChI is InChI=1S/C28H22N8O/c1-17(35-26-25-22(33-16-34-26)11-6-12-30-25)23-13-18-7-5-10-21(19-14-31-28(29)32-15-19)24(18)27(37)36(23)20-8-3-2-4-9-20/h2-17H,1H3,(H2,29,31,32)(H,33,34,35). The summed E-state index contributed by atoms with van der Waals surface area (Å²) in [7, 11) is 0. The summed E-state index contributed by atoms with van der Waals surface area (Å²) in [5.74, 6) is 0.776. The Balaban J connectivity index is 1.56. The monoisotopic (exact) mass is 486 g/mol. The number of para-hydroxylation sites is 1. The quantitative estimate of drug-likeness (QED) is 0.364. The number of nitrogen functional groups attached to an aromatic ring is 1. The fourth-order valence-electron chi connectivity index (χ4n) is 4.54. The summed E-state index contributed by atoms with van der Waals surface area (Å²) in [6, 6.07) is 20.8. The Morgan fingerprint density at radius 1 is 0.892 bits per heavy atom. The van der Waals surface area contributed by atoms with Crippen LogP contribution in [0.5, 0.6) is 0 Å². The predicted octanol–water partition coefficient (Wildman–Crippen LogP) is 4.54. The molecule has 4 heterocycles. The Labute approximate surface area is 211 Å². The van der Waals surface area contributed by atoms with Gasteiger partial charge in [-0.25, -0.2) is 19.9 Å². The lowest BCUT2D eigenvalue weighted by molar-refractivity contribution is 0.774. The Kier molecular flexibility index (Phi) is 5.49. The zero-order valence-electron chi connectivity index (χ0n) is 19.9. The number of nitrogens with one attached hydrogen (secondary N) is 1. The molecule has 0 amide bonds. The van der Waals surface area contributed by atoms with Gasteiger partial charge in [-0.15, -0.1) is 0 Å². The van der Waals surface area contributed by atoms with Gasteiger partial charge in [-0.05, 0) is 48.2 Å². The lowest BCUT2D eigenvalue weighted by Gasteiger charge is -2.22. The molecule has 0 fully saturated rings. The summed E-state index contributed by atoms with van der Waals surface area (Å²) in [6.07, 6.45) is 6.48. The molecule has 0 spiro atoms. The summed E-state index contributed by atoms with van der Waals surface area (Å²) < 4.78 is 1.73. The largest absolute Gasteiger partial charge is 0.368 e. The summed E-state index contributed by atoms with van der Waals surface area (Å²) in [6.45, 7) is 1.99. The van der Waals surface area contributed by atoms with E-state index >= 15 is 0 Å². The fraction of sp³-hybridized carbons (Fsp3) is 0.0714. The van der Waals surface area contributed by atoms with Gasteiger partial charge in [0.25, 0.3) is 5.56 Å². The van der Waals surface area contributed by atoms with E-state index in [1.165, 1.54) is 6.33 Å². The van der Waals surface area contributed by atoms with Gasteiger partial charge in [0, 0.05) is 35.5 Å². The van der Waals surface area contributed by atoms with Crippen LogP contribution in [0.15, 0.2) is 96.4 Å². The topological polar surface area (TPSA) is 124 Å². The van der Waals surface area contributed by atoms with E-state index in [1.807, 2.05) is 73.7 Å². The molecule has 37 heavy (non-hydrogen) atoms. The van der Waals surface area contributed by atoms with E-state index in [1.54, 1.807) is 23.2 Å². The molecule has 6 aromatic rings. The molecule has 0 aliphatic carbocycles. The normalized spacial score (nSPS) is 12.0. The number of aromatic nitrogens is 6. The maximum absolute atomic E-state index is 14.2. The van der Waals surface area contributed by atoms with Crippen LogP contribution in [0.25, 0.3) is 38.6 Å². The Bertz CT molecular complexity index is 1790. The second-order valence-electron chi connectivity index (χ2n) is 8.60. The van der Waals surface area contributed by atoms with E-state index < -0.39 is 0 Å². The molecule has 1 atom stereocenters. The second-order valence-corrected chi connectivity index (χ2v) is 8.60. The van der Waals surface area contributed by atoms with Gasteiger partial charge in [-0.2, -0.15) is 0 Å². The number of nitrogens with zero attached hydrogens (tertiary/aromatic N) is 6. The van der Waals surface area contributed by atoms with Crippen LogP contribution >= 0.6 is 0 Å². The van der Waals surface area contributed by atoms with Gasteiger partial charge < -0.3 is 11.1 Å². The first-order chi connectivity index (χ1) is 18.1. The highest BCUT2D eigenvalue weighted by molar-refractivity contribution is 5.96. The third kappa shape index (κ3) is 4.02. The van der Waals surface area contributed by atoms with Gasteiger partial charge in [-0.1, -0.05) is 36.4 Å². The number of hydrogen-bond acceptors (Lipinski definition) is 8. The number of benzene rings is 2. The van der Waals surface area contributed by atoms with Crippen LogP contribution in [-0.2, 0) is 0 Å². The van der Waals surface area contributed by atoms with E-state index in [-0.39, 0.29) is 17.5 Å². The number of rotatable bonds is 5. The molecule has 0 bridgehead atoms. The molecule has 1 unspecified atom stereocenters. The molecule has 180 valence electrons. The smallest absolute Gasteiger partial charge is 0.263 e. The molecule has 0 aliphatic rings. The zero-order chi connectivity index (χ0) is 25.4. The summed E-state index contributed by atoms with van der Waals surface area (Å²) >= 11 is 0. The minimum absolute atomic E-state index is 0.148. The lowest BCUT2D eigenvalue weighted by atomic mass is 9.99. The van der Waals surface area contributed by atoms with Gasteiger partial charge in [0.1, 0.15) is 11.8 Å². The Hall–Kier alpha value is -5.18. The molecule has 4 aromatic heterocycles. The van der Waals surface area contributed by atoms with Gasteiger partial charge in [-0.3, -0.25) is 14.3 Å². The highest BCUT2D eigenvalue weighted by atomic mass is 16.1. The molecule has 3 N–H and O–H groups in total. The third-order valence-electron chi connectivity index (χ3n) is 6.26. The molecule has 0 aliphatic heterocycles. The van der Waals surface area contributed by atoms with Crippen LogP contribution in [-0.4, -0.2) is 29.5 Å². The van der Waals surface area contributed by atoms with Crippen molar-refractivity contribution in [1.29, 1.82) is 0 Å². The zero-order valence-corrected chi connectivity index (χ0v) is 19.9. The minimum atomic E-state index is -0.291. The van der Waals surface area contributed by atoms with Gasteiger partial charge in [0.05, 0.1) is 16.9 Å². The van der Waals surface area contributed by atoms with Crippen LogP contribution in [0.3, 0.4) is 0 Å². The van der Waals surface area contributed by atoms with Crippen LogP contribution in [0.4, 0.5) is 11.8 Å². The van der Waals surface area contributed by atoms with Crippen LogP contribution in [0.1, 0.15) is 18.7 Å². The summed E-state index contributed by atoms with van der Waals surface area (Å²) in [5, 5.41) is 4.83. The Morgan fingerprint density at radius 3 is 2.51 bits per heavy atom. The molecular weight excluding hydrogens is 464 g/mol.